The molecular weight excluding hydrogens is 498 g/mol. The summed E-state index contributed by atoms with van der Waals surface area (Å²) in [6, 6.07) is 8.65. The highest BCUT2D eigenvalue weighted by molar-refractivity contribution is 5.98. The van der Waals surface area contributed by atoms with E-state index >= 15 is 0 Å². The van der Waals surface area contributed by atoms with Gasteiger partial charge in [-0.3, -0.25) is 5.32 Å². The number of aromatic nitrogens is 4. The minimum atomic E-state index is -0.448. The molecule has 0 radical (unpaired) electrons. The number of morpholine rings is 1. The molecule has 2 amide bonds. The van der Waals surface area contributed by atoms with Crippen molar-refractivity contribution in [2.24, 2.45) is 0 Å². The standard InChI is InChI=1S/C28H33N7O4/c1-2-3-16-38-22-9-13-29-26(31-22)34-27(36)30-20-6-4-19(5-7-20)23-32-24(35-14-17-37-18-15-35)21-8-10-28(11-12-28)39-25(21)33-23/h4-7,9,13H,2-3,8,10-12,14-18H2,1H3,(H2,29,30,31,34,36). The number of benzene rings is 1. The molecule has 3 aromatic rings. The molecule has 4 heterocycles. The van der Waals surface area contributed by atoms with Crippen LogP contribution in [0.5, 0.6) is 11.8 Å². The number of carbonyl (C=O) groups excluding carboxylic acids is 1. The van der Waals surface area contributed by atoms with Crippen LogP contribution in [0.4, 0.5) is 22.2 Å². The van der Waals surface area contributed by atoms with E-state index < -0.39 is 6.03 Å². The summed E-state index contributed by atoms with van der Waals surface area (Å²) in [6.45, 7) is 5.62. The predicted octanol–water partition coefficient (Wildman–Crippen LogP) is 4.45. The molecule has 11 nitrogen and oxygen atoms in total. The van der Waals surface area contributed by atoms with Crippen molar-refractivity contribution in [3.05, 3.63) is 42.1 Å². The van der Waals surface area contributed by atoms with Crippen molar-refractivity contribution in [2.75, 3.05) is 48.4 Å². The van der Waals surface area contributed by atoms with Crippen LogP contribution in [0.2, 0.25) is 0 Å². The number of unbranched alkanes of at least 4 members (excludes halogenated alkanes) is 1. The van der Waals surface area contributed by atoms with Crippen LogP contribution in [0.1, 0.15) is 44.6 Å². The Bertz CT molecular complexity index is 1320. The molecule has 0 bridgehead atoms. The van der Waals surface area contributed by atoms with Gasteiger partial charge in [-0.15, -0.1) is 0 Å². The molecule has 39 heavy (non-hydrogen) atoms. The maximum absolute atomic E-state index is 12.6. The third-order valence-electron chi connectivity index (χ3n) is 7.21. The number of nitrogens with one attached hydrogen (secondary N) is 2. The van der Waals surface area contributed by atoms with E-state index in [1.165, 1.54) is 0 Å². The Morgan fingerprint density at radius 3 is 2.64 bits per heavy atom. The lowest BCUT2D eigenvalue weighted by atomic mass is 10.0. The van der Waals surface area contributed by atoms with E-state index in [1.807, 2.05) is 24.3 Å². The number of amides is 2. The molecule has 1 saturated heterocycles. The molecule has 3 aliphatic rings. The number of anilines is 3. The van der Waals surface area contributed by atoms with E-state index in [2.05, 4.69) is 32.4 Å². The van der Waals surface area contributed by atoms with Crippen LogP contribution in [0.15, 0.2) is 36.5 Å². The van der Waals surface area contributed by atoms with Gasteiger partial charge in [-0.05, 0) is 56.4 Å². The first-order chi connectivity index (χ1) is 19.1. The van der Waals surface area contributed by atoms with Crippen molar-refractivity contribution in [3.63, 3.8) is 0 Å². The van der Waals surface area contributed by atoms with Gasteiger partial charge >= 0.3 is 6.03 Å². The number of ether oxygens (including phenoxy) is 3. The zero-order chi connectivity index (χ0) is 26.7. The van der Waals surface area contributed by atoms with Crippen LogP contribution in [-0.2, 0) is 11.2 Å². The van der Waals surface area contributed by atoms with Crippen LogP contribution in [0.3, 0.4) is 0 Å². The van der Waals surface area contributed by atoms with Crippen molar-refractivity contribution in [1.82, 2.24) is 19.9 Å². The second kappa shape index (κ2) is 11.0. The Balaban J connectivity index is 1.16. The lowest BCUT2D eigenvalue weighted by Crippen LogP contribution is -2.38. The molecule has 1 aromatic carbocycles. The van der Waals surface area contributed by atoms with Gasteiger partial charge in [0.05, 0.1) is 25.4 Å². The molecule has 1 aliphatic carbocycles. The Labute approximate surface area is 227 Å². The maximum Gasteiger partial charge on any atom is 0.326 e. The highest BCUT2D eigenvalue weighted by Crippen LogP contribution is 2.49. The van der Waals surface area contributed by atoms with Crippen molar-refractivity contribution < 1.29 is 19.0 Å². The van der Waals surface area contributed by atoms with Crippen molar-refractivity contribution >= 4 is 23.5 Å². The third kappa shape index (κ3) is 5.88. The largest absolute Gasteiger partial charge is 0.478 e. The monoisotopic (exact) mass is 531 g/mol. The van der Waals surface area contributed by atoms with Gasteiger partial charge in [0, 0.05) is 36.6 Å². The van der Waals surface area contributed by atoms with E-state index in [4.69, 9.17) is 24.2 Å². The number of fused-ring (bicyclic) bond motifs is 1. The lowest BCUT2D eigenvalue weighted by Gasteiger charge is -2.33. The summed E-state index contributed by atoms with van der Waals surface area (Å²) >= 11 is 0. The molecule has 2 N–H and O–H groups in total. The molecule has 1 spiro atoms. The highest BCUT2D eigenvalue weighted by atomic mass is 16.5. The average Bonchev–Trinajstić information content (AvgIpc) is 3.71. The topological polar surface area (TPSA) is 124 Å². The smallest absolute Gasteiger partial charge is 0.326 e. The molecule has 204 valence electrons. The first-order valence-electron chi connectivity index (χ1n) is 13.7. The maximum atomic E-state index is 12.6. The van der Waals surface area contributed by atoms with Gasteiger partial charge in [-0.1, -0.05) is 13.3 Å². The van der Waals surface area contributed by atoms with Crippen molar-refractivity contribution in [3.8, 4) is 23.1 Å². The minimum Gasteiger partial charge on any atom is -0.478 e. The minimum absolute atomic E-state index is 0.0348. The fraction of sp³-hybridized carbons (Fsp3) is 0.464. The zero-order valence-corrected chi connectivity index (χ0v) is 22.1. The second-order valence-electron chi connectivity index (χ2n) is 10.1. The molecule has 2 aliphatic heterocycles. The number of rotatable bonds is 8. The molecule has 0 atom stereocenters. The molecule has 0 unspecified atom stereocenters. The van der Waals surface area contributed by atoms with Crippen molar-refractivity contribution in [1.29, 1.82) is 0 Å². The number of hydrogen-bond acceptors (Lipinski definition) is 9. The van der Waals surface area contributed by atoms with Gasteiger partial charge in [0.25, 0.3) is 0 Å². The van der Waals surface area contributed by atoms with Gasteiger partial charge in [0.2, 0.25) is 17.7 Å². The third-order valence-corrected chi connectivity index (χ3v) is 7.21. The molecule has 2 aromatic heterocycles. The number of carbonyl (C=O) groups is 1. The predicted molar refractivity (Wildman–Crippen MR) is 146 cm³/mol. The van der Waals surface area contributed by atoms with Gasteiger partial charge in [0.15, 0.2) is 5.82 Å². The molecule has 6 rings (SSSR count). The number of nitrogens with zero attached hydrogens (tertiary/aromatic N) is 5. The van der Waals surface area contributed by atoms with Crippen LogP contribution in [0.25, 0.3) is 11.4 Å². The van der Waals surface area contributed by atoms with Crippen LogP contribution >= 0.6 is 0 Å². The Hall–Kier alpha value is -3.99. The second-order valence-corrected chi connectivity index (χ2v) is 10.1. The highest BCUT2D eigenvalue weighted by Gasteiger charge is 2.49. The van der Waals surface area contributed by atoms with Crippen LogP contribution < -0.4 is 25.0 Å². The van der Waals surface area contributed by atoms with Gasteiger partial charge in [0.1, 0.15) is 11.4 Å². The summed E-state index contributed by atoms with van der Waals surface area (Å²) in [7, 11) is 0. The molecule has 11 heteroatoms. The van der Waals surface area contributed by atoms with Gasteiger partial charge in [-0.2, -0.15) is 9.97 Å². The van der Waals surface area contributed by atoms with Crippen LogP contribution in [-0.4, -0.2) is 64.5 Å². The number of hydrogen-bond donors (Lipinski definition) is 2. The van der Waals surface area contributed by atoms with Gasteiger partial charge in [-0.25, -0.2) is 14.8 Å². The first-order valence-corrected chi connectivity index (χ1v) is 13.7. The Kier molecular flexibility index (Phi) is 7.14. The Morgan fingerprint density at radius 2 is 1.87 bits per heavy atom. The molecule has 1 saturated carbocycles. The zero-order valence-electron chi connectivity index (χ0n) is 22.1. The quantitative estimate of drug-likeness (QED) is 0.406. The Morgan fingerprint density at radius 1 is 1.05 bits per heavy atom. The first kappa shape index (κ1) is 25.3. The number of urea groups is 1. The fourth-order valence-corrected chi connectivity index (χ4v) is 4.79. The van der Waals surface area contributed by atoms with E-state index in [0.29, 0.717) is 43.1 Å². The van der Waals surface area contributed by atoms with Crippen molar-refractivity contribution in [2.45, 2.75) is 51.0 Å². The van der Waals surface area contributed by atoms with E-state index in [1.54, 1.807) is 12.3 Å². The van der Waals surface area contributed by atoms with Gasteiger partial charge < -0.3 is 24.4 Å². The summed E-state index contributed by atoms with van der Waals surface area (Å²) in [5, 5.41) is 5.46. The van der Waals surface area contributed by atoms with E-state index in [-0.39, 0.29) is 11.5 Å². The summed E-state index contributed by atoms with van der Waals surface area (Å²) in [5.74, 6) is 2.85. The summed E-state index contributed by atoms with van der Waals surface area (Å²) in [5.41, 5.74) is 2.52. The van der Waals surface area contributed by atoms with E-state index in [0.717, 1.165) is 68.6 Å². The normalized spacial score (nSPS) is 17.2. The average molecular weight is 532 g/mol. The summed E-state index contributed by atoms with van der Waals surface area (Å²) < 4.78 is 17.5. The van der Waals surface area contributed by atoms with Crippen LogP contribution in [0, 0.1) is 0 Å². The van der Waals surface area contributed by atoms with E-state index in [9.17, 15) is 4.79 Å². The summed E-state index contributed by atoms with van der Waals surface area (Å²) in [6.07, 6.45) is 7.63. The fourth-order valence-electron chi connectivity index (χ4n) is 4.79. The lowest BCUT2D eigenvalue weighted by molar-refractivity contribution is 0.121. The molecule has 2 fully saturated rings. The molecular formula is C28H33N7O4. The SMILES string of the molecule is CCCCOc1ccnc(NC(=O)Nc2ccc(-c3nc4c(c(N5CCOCC5)n3)CCC3(CC3)O4)cc2)n1. The summed E-state index contributed by atoms with van der Waals surface area (Å²) in [4.78, 5) is 33.0.